The van der Waals surface area contributed by atoms with Crippen LogP contribution in [0.15, 0.2) is 0 Å². The monoisotopic (exact) mass is 231 g/mol. The van der Waals surface area contributed by atoms with Crippen molar-refractivity contribution in [2.75, 3.05) is 20.3 Å². The van der Waals surface area contributed by atoms with Crippen molar-refractivity contribution in [1.82, 2.24) is 5.32 Å². The molecule has 1 atom stereocenters. The van der Waals surface area contributed by atoms with Gasteiger partial charge >= 0.3 is 0 Å². The number of likely N-dealkylation sites (N-methyl/N-ethyl adjacent to an activating group) is 1. The molecule has 3 nitrogen and oxygen atoms in total. The number of aliphatic hydroxyl groups is 1. The van der Waals surface area contributed by atoms with Crippen LogP contribution in [-0.2, 0) is 4.74 Å². The number of hydrogen-bond acceptors (Lipinski definition) is 3. The van der Waals surface area contributed by atoms with E-state index in [0.717, 1.165) is 32.3 Å². The molecule has 0 radical (unpaired) electrons. The first-order chi connectivity index (χ1) is 7.39. The molecule has 0 bridgehead atoms. The molecule has 0 aliphatic heterocycles. The number of aliphatic hydroxyl groups excluding tert-OH is 1. The van der Waals surface area contributed by atoms with Crippen LogP contribution in [0.4, 0.5) is 0 Å². The number of hydrogen-bond donors (Lipinski definition) is 2. The zero-order valence-electron chi connectivity index (χ0n) is 11.6. The minimum atomic E-state index is -0.139. The molecule has 0 heterocycles. The van der Waals surface area contributed by atoms with E-state index >= 15 is 0 Å². The van der Waals surface area contributed by atoms with Gasteiger partial charge in [0.1, 0.15) is 0 Å². The summed E-state index contributed by atoms with van der Waals surface area (Å²) in [5.41, 5.74) is -0.135. The molecular formula is C13H29NO2. The number of unbranched alkanes of at least 4 members (excludes halogenated alkanes) is 1. The molecule has 0 saturated carbocycles. The van der Waals surface area contributed by atoms with Crippen molar-refractivity contribution in [3.05, 3.63) is 0 Å². The largest absolute Gasteiger partial charge is 0.394 e. The highest BCUT2D eigenvalue weighted by atomic mass is 16.5. The molecule has 0 spiro atoms. The van der Waals surface area contributed by atoms with Gasteiger partial charge in [0.2, 0.25) is 0 Å². The minimum absolute atomic E-state index is 0.00326. The Morgan fingerprint density at radius 1 is 1.19 bits per heavy atom. The second kappa shape index (κ2) is 7.25. The van der Waals surface area contributed by atoms with Crippen LogP contribution >= 0.6 is 0 Å². The number of nitrogens with one attached hydrogen (secondary N) is 1. The van der Waals surface area contributed by atoms with E-state index < -0.39 is 0 Å². The van der Waals surface area contributed by atoms with Crippen molar-refractivity contribution >= 4 is 0 Å². The van der Waals surface area contributed by atoms with Crippen LogP contribution in [-0.4, -0.2) is 36.5 Å². The predicted molar refractivity (Wildman–Crippen MR) is 68.7 cm³/mol. The molecule has 16 heavy (non-hydrogen) atoms. The summed E-state index contributed by atoms with van der Waals surface area (Å²) in [7, 11) is 1.90. The maximum Gasteiger partial charge on any atom is 0.0623 e. The topological polar surface area (TPSA) is 41.5 Å². The average Bonchev–Trinajstić information content (AvgIpc) is 2.28. The maximum absolute atomic E-state index is 9.22. The van der Waals surface area contributed by atoms with Crippen molar-refractivity contribution in [2.24, 2.45) is 0 Å². The third-order valence-corrected chi connectivity index (χ3v) is 3.42. The average molecular weight is 231 g/mol. The highest BCUT2D eigenvalue weighted by Crippen LogP contribution is 2.16. The van der Waals surface area contributed by atoms with Crippen LogP contribution in [0.2, 0.25) is 0 Å². The Morgan fingerprint density at radius 3 is 2.25 bits per heavy atom. The van der Waals surface area contributed by atoms with Crippen molar-refractivity contribution < 1.29 is 9.84 Å². The quantitative estimate of drug-likeness (QED) is 0.598. The summed E-state index contributed by atoms with van der Waals surface area (Å²) in [4.78, 5) is 0. The standard InChI is InChI=1S/C13H29NO2/c1-6-12(2,3)16-10-8-7-9-13(4,11-15)14-5/h14-15H,6-11H2,1-5H3. The van der Waals surface area contributed by atoms with Gasteiger partial charge in [-0.2, -0.15) is 0 Å². The molecule has 0 fully saturated rings. The summed E-state index contributed by atoms with van der Waals surface area (Å²) in [5, 5.41) is 12.4. The summed E-state index contributed by atoms with van der Waals surface area (Å²) in [6.07, 6.45) is 4.16. The van der Waals surface area contributed by atoms with Gasteiger partial charge in [-0.3, -0.25) is 0 Å². The molecule has 0 saturated heterocycles. The van der Waals surface area contributed by atoms with Gasteiger partial charge < -0.3 is 15.2 Å². The van der Waals surface area contributed by atoms with Gasteiger partial charge in [-0.05, 0) is 53.5 Å². The molecule has 1 unspecified atom stereocenters. The summed E-state index contributed by atoms with van der Waals surface area (Å²) >= 11 is 0. The Bertz CT molecular complexity index is 177. The fraction of sp³-hybridized carbons (Fsp3) is 1.00. The lowest BCUT2D eigenvalue weighted by atomic mass is 9.96. The molecule has 0 aromatic heterocycles. The third kappa shape index (κ3) is 6.46. The van der Waals surface area contributed by atoms with E-state index in [1.807, 2.05) is 14.0 Å². The lowest BCUT2D eigenvalue weighted by Gasteiger charge is -2.27. The van der Waals surface area contributed by atoms with E-state index in [1.165, 1.54) is 0 Å². The van der Waals surface area contributed by atoms with E-state index in [-0.39, 0.29) is 17.7 Å². The highest BCUT2D eigenvalue weighted by Gasteiger charge is 2.20. The Hall–Kier alpha value is -0.120. The molecule has 0 aliphatic rings. The van der Waals surface area contributed by atoms with Crippen molar-refractivity contribution in [3.8, 4) is 0 Å². The van der Waals surface area contributed by atoms with Crippen LogP contribution in [0.5, 0.6) is 0 Å². The SMILES string of the molecule is CCC(C)(C)OCCCCC(C)(CO)NC. The molecule has 0 aromatic rings. The molecular weight excluding hydrogens is 202 g/mol. The van der Waals surface area contributed by atoms with E-state index in [4.69, 9.17) is 4.74 Å². The third-order valence-electron chi connectivity index (χ3n) is 3.42. The first kappa shape index (κ1) is 15.9. The van der Waals surface area contributed by atoms with Crippen molar-refractivity contribution in [3.63, 3.8) is 0 Å². The summed E-state index contributed by atoms with van der Waals surface area (Å²) in [6, 6.07) is 0. The lowest BCUT2D eigenvalue weighted by molar-refractivity contribution is -0.0223. The summed E-state index contributed by atoms with van der Waals surface area (Å²) in [6.45, 7) is 9.43. The van der Waals surface area contributed by atoms with E-state index in [1.54, 1.807) is 0 Å². The fourth-order valence-electron chi connectivity index (χ4n) is 1.35. The predicted octanol–water partition coefficient (Wildman–Crippen LogP) is 2.33. The zero-order valence-corrected chi connectivity index (χ0v) is 11.6. The zero-order chi connectivity index (χ0) is 12.7. The molecule has 0 aromatic carbocycles. The Morgan fingerprint density at radius 2 is 1.81 bits per heavy atom. The Balaban J connectivity index is 3.61. The van der Waals surface area contributed by atoms with Crippen LogP contribution in [0, 0.1) is 0 Å². The minimum Gasteiger partial charge on any atom is -0.394 e. The normalized spacial score (nSPS) is 16.1. The van der Waals surface area contributed by atoms with Gasteiger partial charge in [0.15, 0.2) is 0 Å². The van der Waals surface area contributed by atoms with Crippen molar-refractivity contribution in [2.45, 2.75) is 64.5 Å². The highest BCUT2D eigenvalue weighted by molar-refractivity contribution is 4.80. The van der Waals surface area contributed by atoms with Gasteiger partial charge in [-0.1, -0.05) is 6.92 Å². The first-order valence-corrected chi connectivity index (χ1v) is 6.33. The maximum atomic E-state index is 9.22. The molecule has 0 aliphatic carbocycles. The molecule has 3 heteroatoms. The van der Waals surface area contributed by atoms with Crippen LogP contribution in [0.25, 0.3) is 0 Å². The molecule has 98 valence electrons. The van der Waals surface area contributed by atoms with E-state index in [9.17, 15) is 5.11 Å². The van der Waals surface area contributed by atoms with E-state index in [2.05, 4.69) is 26.1 Å². The Kier molecular flexibility index (Phi) is 7.20. The molecule has 0 amide bonds. The van der Waals surface area contributed by atoms with Gasteiger partial charge in [0.25, 0.3) is 0 Å². The molecule has 0 rings (SSSR count). The number of ether oxygens (including phenoxy) is 1. The second-order valence-corrected chi connectivity index (χ2v) is 5.39. The van der Waals surface area contributed by atoms with E-state index in [0.29, 0.717) is 0 Å². The number of rotatable bonds is 9. The molecule has 2 N–H and O–H groups in total. The fourth-order valence-corrected chi connectivity index (χ4v) is 1.35. The van der Waals surface area contributed by atoms with Gasteiger partial charge in [-0.25, -0.2) is 0 Å². The van der Waals surface area contributed by atoms with Crippen LogP contribution in [0.3, 0.4) is 0 Å². The Labute approximate surface area is 101 Å². The van der Waals surface area contributed by atoms with Crippen LogP contribution in [0.1, 0.15) is 53.4 Å². The summed E-state index contributed by atoms with van der Waals surface area (Å²) in [5.74, 6) is 0. The van der Waals surface area contributed by atoms with Crippen LogP contribution < -0.4 is 5.32 Å². The lowest BCUT2D eigenvalue weighted by Crippen LogP contribution is -2.43. The van der Waals surface area contributed by atoms with Gasteiger partial charge in [0.05, 0.1) is 12.2 Å². The van der Waals surface area contributed by atoms with Gasteiger partial charge in [0, 0.05) is 12.1 Å². The second-order valence-electron chi connectivity index (χ2n) is 5.39. The first-order valence-electron chi connectivity index (χ1n) is 6.33. The van der Waals surface area contributed by atoms with Crippen molar-refractivity contribution in [1.29, 1.82) is 0 Å². The summed E-state index contributed by atoms with van der Waals surface area (Å²) < 4.78 is 5.78. The smallest absolute Gasteiger partial charge is 0.0623 e. The van der Waals surface area contributed by atoms with Gasteiger partial charge in [-0.15, -0.1) is 0 Å².